The lowest BCUT2D eigenvalue weighted by Crippen LogP contribution is -2.46. The summed E-state index contributed by atoms with van der Waals surface area (Å²) in [6.07, 6.45) is 10.5. The smallest absolute Gasteiger partial charge is 0.253 e. The monoisotopic (exact) mass is 320 g/mol. The van der Waals surface area contributed by atoms with Gasteiger partial charge in [-0.1, -0.05) is 24.3 Å². The molecule has 0 bridgehead atoms. The first-order chi connectivity index (χ1) is 10.2. The van der Waals surface area contributed by atoms with E-state index in [0.29, 0.717) is 12.0 Å². The van der Waals surface area contributed by atoms with Gasteiger partial charge in [-0.15, -0.1) is 12.4 Å². The number of nitrogens with two attached hydrogens (primary N) is 1. The summed E-state index contributed by atoms with van der Waals surface area (Å²) in [6.45, 7) is 2.32. The van der Waals surface area contributed by atoms with Gasteiger partial charge >= 0.3 is 0 Å². The summed E-state index contributed by atoms with van der Waals surface area (Å²) in [4.78, 5) is 14.8. The third-order valence-electron chi connectivity index (χ3n) is 4.94. The highest BCUT2D eigenvalue weighted by molar-refractivity contribution is 5.94. The van der Waals surface area contributed by atoms with Crippen LogP contribution < -0.4 is 5.73 Å². The summed E-state index contributed by atoms with van der Waals surface area (Å²) in [5.74, 6) is 0.173. The molecule has 1 fully saturated rings. The van der Waals surface area contributed by atoms with Gasteiger partial charge in [-0.2, -0.15) is 0 Å². The molecule has 2 N–H and O–H groups in total. The van der Waals surface area contributed by atoms with Crippen molar-refractivity contribution < 1.29 is 4.79 Å². The van der Waals surface area contributed by atoms with Crippen LogP contribution in [0.4, 0.5) is 0 Å². The van der Waals surface area contributed by atoms with Crippen LogP contribution in [0.15, 0.2) is 36.4 Å². The Balaban J connectivity index is 0.00000176. The lowest BCUT2D eigenvalue weighted by atomic mass is 9.71. The van der Waals surface area contributed by atoms with E-state index in [1.807, 2.05) is 24.3 Å². The average molecular weight is 321 g/mol. The Bertz CT molecular complexity index is 541. The normalized spacial score (nSPS) is 24.1. The number of carbonyl (C=O) groups is 1. The van der Waals surface area contributed by atoms with Crippen LogP contribution in [0.3, 0.4) is 0 Å². The number of hydrogen-bond acceptors (Lipinski definition) is 2. The summed E-state index contributed by atoms with van der Waals surface area (Å²) in [5.41, 5.74) is 7.80. The number of carbonyl (C=O) groups excluding carboxylic acids is 1. The van der Waals surface area contributed by atoms with Gasteiger partial charge in [0.25, 0.3) is 5.91 Å². The zero-order chi connectivity index (χ0) is 14.7. The molecule has 1 saturated heterocycles. The molecule has 1 aliphatic heterocycles. The van der Waals surface area contributed by atoms with E-state index in [-0.39, 0.29) is 18.3 Å². The van der Waals surface area contributed by atoms with Crippen molar-refractivity contribution in [3.63, 3.8) is 0 Å². The van der Waals surface area contributed by atoms with Gasteiger partial charge in [0.15, 0.2) is 0 Å². The highest BCUT2D eigenvalue weighted by atomic mass is 35.5. The minimum Gasteiger partial charge on any atom is -0.338 e. The summed E-state index contributed by atoms with van der Waals surface area (Å²) in [7, 11) is 0. The number of benzene rings is 1. The lowest BCUT2D eigenvalue weighted by Gasteiger charge is -2.44. The highest BCUT2D eigenvalue weighted by Crippen LogP contribution is 2.41. The van der Waals surface area contributed by atoms with Gasteiger partial charge in [-0.05, 0) is 55.2 Å². The largest absolute Gasteiger partial charge is 0.338 e. The summed E-state index contributed by atoms with van der Waals surface area (Å²) < 4.78 is 0. The van der Waals surface area contributed by atoms with Gasteiger partial charge in [0.1, 0.15) is 0 Å². The van der Waals surface area contributed by atoms with E-state index in [0.717, 1.165) is 43.5 Å². The van der Waals surface area contributed by atoms with E-state index in [1.54, 1.807) is 0 Å². The predicted molar refractivity (Wildman–Crippen MR) is 92.1 cm³/mol. The van der Waals surface area contributed by atoms with Gasteiger partial charge in [0.05, 0.1) is 0 Å². The van der Waals surface area contributed by atoms with Crippen LogP contribution in [0.25, 0.3) is 0 Å². The molecule has 120 valence electrons. The number of nitrogens with zero attached hydrogens (tertiary/aromatic N) is 1. The van der Waals surface area contributed by atoms with E-state index in [9.17, 15) is 4.79 Å². The highest BCUT2D eigenvalue weighted by Gasteiger charge is 2.36. The average Bonchev–Trinajstić information content (AvgIpc) is 2.55. The van der Waals surface area contributed by atoms with Crippen LogP contribution in [-0.2, 0) is 6.54 Å². The molecule has 1 atom stereocenters. The van der Waals surface area contributed by atoms with Gasteiger partial charge in [-0.25, -0.2) is 0 Å². The van der Waals surface area contributed by atoms with E-state index in [2.05, 4.69) is 17.1 Å². The number of likely N-dealkylation sites (tertiary alicyclic amines) is 1. The fourth-order valence-corrected chi connectivity index (χ4v) is 3.66. The Hall–Kier alpha value is -1.32. The number of halogens is 1. The van der Waals surface area contributed by atoms with Crippen molar-refractivity contribution in [2.75, 3.05) is 13.1 Å². The minimum absolute atomic E-state index is 0. The molecule has 4 heteroatoms. The first-order valence-electron chi connectivity index (χ1n) is 7.96. The molecule has 1 aliphatic carbocycles. The Morgan fingerprint density at radius 1 is 1.18 bits per heavy atom. The Morgan fingerprint density at radius 3 is 2.59 bits per heavy atom. The Labute approximate surface area is 139 Å². The standard InChI is InChI=1S/C18H24N2O.ClH/c19-13-15-5-7-16(8-6-15)17(21)20-12-4-11-18(14-20)9-2-1-3-10-18;/h1-2,5-8H,3-4,9-14,19H2;1H. The van der Waals surface area contributed by atoms with Crippen LogP contribution in [0.1, 0.15) is 48.0 Å². The summed E-state index contributed by atoms with van der Waals surface area (Å²) in [5, 5.41) is 0. The quantitative estimate of drug-likeness (QED) is 0.847. The van der Waals surface area contributed by atoms with Gasteiger partial charge < -0.3 is 10.6 Å². The number of rotatable bonds is 2. The van der Waals surface area contributed by atoms with Crippen LogP contribution >= 0.6 is 12.4 Å². The van der Waals surface area contributed by atoms with Crippen molar-refractivity contribution in [1.29, 1.82) is 0 Å². The van der Waals surface area contributed by atoms with Gasteiger partial charge in [0, 0.05) is 25.2 Å². The Kier molecular flexibility index (Phi) is 5.65. The van der Waals surface area contributed by atoms with E-state index < -0.39 is 0 Å². The SMILES string of the molecule is Cl.NCc1ccc(C(=O)N2CCCC3(CC=CCC3)C2)cc1. The van der Waals surface area contributed by atoms with E-state index in [1.165, 1.54) is 12.8 Å². The zero-order valence-corrected chi connectivity index (χ0v) is 13.8. The molecular weight excluding hydrogens is 296 g/mol. The molecule has 1 unspecified atom stereocenters. The number of amides is 1. The van der Waals surface area contributed by atoms with Crippen molar-refractivity contribution in [2.24, 2.45) is 11.1 Å². The van der Waals surface area contributed by atoms with E-state index in [4.69, 9.17) is 5.73 Å². The second-order valence-electron chi connectivity index (χ2n) is 6.45. The molecule has 1 aromatic carbocycles. The van der Waals surface area contributed by atoms with Crippen molar-refractivity contribution >= 4 is 18.3 Å². The van der Waals surface area contributed by atoms with Crippen molar-refractivity contribution in [3.05, 3.63) is 47.5 Å². The first kappa shape index (κ1) is 17.0. The molecule has 2 aliphatic rings. The molecule has 0 radical (unpaired) electrons. The summed E-state index contributed by atoms with van der Waals surface area (Å²) in [6, 6.07) is 7.73. The molecule has 0 aromatic heterocycles. The second-order valence-corrected chi connectivity index (χ2v) is 6.45. The number of allylic oxidation sites excluding steroid dienone is 2. The van der Waals surface area contributed by atoms with Crippen molar-refractivity contribution in [3.8, 4) is 0 Å². The summed E-state index contributed by atoms with van der Waals surface area (Å²) >= 11 is 0. The molecule has 1 spiro atoms. The maximum atomic E-state index is 12.7. The molecule has 1 aromatic rings. The fourth-order valence-electron chi connectivity index (χ4n) is 3.66. The molecule has 0 saturated carbocycles. The lowest BCUT2D eigenvalue weighted by molar-refractivity contribution is 0.0484. The molecule has 1 amide bonds. The number of hydrogen-bond donors (Lipinski definition) is 1. The maximum absolute atomic E-state index is 12.7. The maximum Gasteiger partial charge on any atom is 0.253 e. The predicted octanol–water partition coefficient (Wildman–Crippen LogP) is 3.53. The van der Waals surface area contributed by atoms with Crippen LogP contribution in [0.5, 0.6) is 0 Å². The van der Waals surface area contributed by atoms with Crippen LogP contribution in [0, 0.1) is 5.41 Å². The molecule has 3 rings (SSSR count). The van der Waals surface area contributed by atoms with Crippen molar-refractivity contribution in [2.45, 2.75) is 38.6 Å². The Morgan fingerprint density at radius 2 is 1.95 bits per heavy atom. The van der Waals surface area contributed by atoms with E-state index >= 15 is 0 Å². The molecule has 3 nitrogen and oxygen atoms in total. The zero-order valence-electron chi connectivity index (χ0n) is 13.0. The van der Waals surface area contributed by atoms with Gasteiger partial charge in [0.2, 0.25) is 0 Å². The number of piperidine rings is 1. The van der Waals surface area contributed by atoms with Crippen LogP contribution in [0.2, 0.25) is 0 Å². The minimum atomic E-state index is 0. The third kappa shape index (κ3) is 3.53. The molecule has 1 heterocycles. The van der Waals surface area contributed by atoms with Gasteiger partial charge in [-0.3, -0.25) is 4.79 Å². The fraction of sp³-hybridized carbons (Fsp3) is 0.500. The molecule has 22 heavy (non-hydrogen) atoms. The topological polar surface area (TPSA) is 46.3 Å². The molecular formula is C18H25ClN2O. The van der Waals surface area contributed by atoms with Crippen molar-refractivity contribution in [1.82, 2.24) is 4.90 Å². The first-order valence-corrected chi connectivity index (χ1v) is 7.96. The third-order valence-corrected chi connectivity index (χ3v) is 4.94. The second kappa shape index (κ2) is 7.30. The van der Waals surface area contributed by atoms with Crippen LogP contribution in [-0.4, -0.2) is 23.9 Å².